The van der Waals surface area contributed by atoms with Gasteiger partial charge in [0.05, 0.1) is 6.26 Å². The fourth-order valence-corrected chi connectivity index (χ4v) is 1.14. The van der Waals surface area contributed by atoms with Crippen LogP contribution in [0.4, 0.5) is 0 Å². The van der Waals surface area contributed by atoms with E-state index in [9.17, 15) is 0 Å². The summed E-state index contributed by atoms with van der Waals surface area (Å²) >= 11 is 0. The molecule has 0 aliphatic rings. The van der Waals surface area contributed by atoms with Gasteiger partial charge in [0.2, 0.25) is 0 Å². The van der Waals surface area contributed by atoms with E-state index < -0.39 is 0 Å². The molecule has 0 spiro atoms. The average molecular weight is 179 g/mol. The molecule has 0 aliphatic heterocycles. The van der Waals surface area contributed by atoms with Gasteiger partial charge in [-0.25, -0.2) is 0 Å². The molecule has 0 fully saturated rings. The van der Waals surface area contributed by atoms with E-state index in [4.69, 9.17) is 10.2 Å². The predicted molar refractivity (Wildman–Crippen MR) is 55.2 cm³/mol. The summed E-state index contributed by atoms with van der Waals surface area (Å²) in [5.74, 6) is 0.919. The Balaban J connectivity index is 2.43. The van der Waals surface area contributed by atoms with E-state index in [0.717, 1.165) is 18.6 Å². The van der Waals surface area contributed by atoms with E-state index in [-0.39, 0.29) is 6.04 Å². The molecule has 2 nitrogen and oxygen atoms in total. The molecule has 72 valence electrons. The largest absolute Gasteiger partial charge is 0.465 e. The van der Waals surface area contributed by atoms with Crippen LogP contribution in [0.15, 0.2) is 28.4 Å². The van der Waals surface area contributed by atoms with Gasteiger partial charge >= 0.3 is 0 Å². The number of rotatable bonds is 4. The zero-order valence-electron chi connectivity index (χ0n) is 8.29. The summed E-state index contributed by atoms with van der Waals surface area (Å²) in [5, 5.41) is 0. The Hall–Kier alpha value is -1.02. The summed E-state index contributed by atoms with van der Waals surface area (Å²) in [6, 6.07) is 4.12. The van der Waals surface area contributed by atoms with Crippen molar-refractivity contribution in [3.8, 4) is 0 Å². The topological polar surface area (TPSA) is 39.2 Å². The van der Waals surface area contributed by atoms with Crippen LogP contribution >= 0.6 is 0 Å². The first-order chi connectivity index (χ1) is 6.18. The van der Waals surface area contributed by atoms with Crippen LogP contribution in [0.5, 0.6) is 0 Å². The highest BCUT2D eigenvalue weighted by molar-refractivity contribution is 5.46. The van der Waals surface area contributed by atoms with Crippen molar-refractivity contribution < 1.29 is 4.42 Å². The Labute approximate surface area is 79.4 Å². The zero-order valence-corrected chi connectivity index (χ0v) is 8.29. The van der Waals surface area contributed by atoms with Crippen molar-refractivity contribution >= 4 is 6.08 Å². The fraction of sp³-hybridized carbons (Fsp3) is 0.455. The monoisotopic (exact) mass is 179 g/mol. The molecular formula is C11H17NO. The lowest BCUT2D eigenvalue weighted by atomic mass is 10.1. The second kappa shape index (κ2) is 4.87. The minimum absolute atomic E-state index is 0.278. The van der Waals surface area contributed by atoms with E-state index in [0.29, 0.717) is 0 Å². The Kier molecular flexibility index (Phi) is 3.77. The van der Waals surface area contributed by atoms with Gasteiger partial charge in [-0.15, -0.1) is 0 Å². The molecule has 0 aliphatic carbocycles. The first kappa shape index (κ1) is 10.1. The van der Waals surface area contributed by atoms with E-state index in [2.05, 4.69) is 13.0 Å². The quantitative estimate of drug-likeness (QED) is 0.772. The van der Waals surface area contributed by atoms with E-state index in [1.165, 1.54) is 5.57 Å². The minimum atomic E-state index is 0.278. The van der Waals surface area contributed by atoms with E-state index in [1.807, 2.05) is 19.1 Å². The van der Waals surface area contributed by atoms with Gasteiger partial charge in [-0.05, 0) is 44.9 Å². The second-order valence-electron chi connectivity index (χ2n) is 3.52. The third-order valence-electron chi connectivity index (χ3n) is 1.93. The van der Waals surface area contributed by atoms with Crippen LogP contribution < -0.4 is 5.73 Å². The van der Waals surface area contributed by atoms with Gasteiger partial charge in [0, 0.05) is 6.04 Å². The molecule has 1 heterocycles. The molecule has 0 radical (unpaired) electrons. The van der Waals surface area contributed by atoms with Crippen molar-refractivity contribution in [2.75, 3.05) is 0 Å². The highest BCUT2D eigenvalue weighted by Crippen LogP contribution is 2.11. The maximum Gasteiger partial charge on any atom is 0.126 e. The van der Waals surface area contributed by atoms with Crippen LogP contribution in [0.25, 0.3) is 6.08 Å². The molecule has 1 rings (SSSR count). The number of nitrogens with two attached hydrogens (primary N) is 1. The molecule has 0 saturated heterocycles. The molecular weight excluding hydrogens is 162 g/mol. The minimum Gasteiger partial charge on any atom is -0.465 e. The number of furan rings is 1. The molecule has 1 aromatic heterocycles. The van der Waals surface area contributed by atoms with Gasteiger partial charge in [-0.2, -0.15) is 0 Å². The Morgan fingerprint density at radius 3 is 3.00 bits per heavy atom. The van der Waals surface area contributed by atoms with Crippen LogP contribution in [-0.4, -0.2) is 6.04 Å². The maximum absolute atomic E-state index is 5.66. The van der Waals surface area contributed by atoms with Crippen molar-refractivity contribution in [1.29, 1.82) is 0 Å². The molecule has 13 heavy (non-hydrogen) atoms. The lowest BCUT2D eigenvalue weighted by molar-refractivity contribution is 0.556. The van der Waals surface area contributed by atoms with Gasteiger partial charge in [0.1, 0.15) is 5.76 Å². The Morgan fingerprint density at radius 1 is 1.69 bits per heavy atom. The molecule has 0 amide bonds. The molecule has 0 saturated carbocycles. The Morgan fingerprint density at radius 2 is 2.46 bits per heavy atom. The van der Waals surface area contributed by atoms with Crippen molar-refractivity contribution in [2.24, 2.45) is 5.73 Å². The molecule has 0 aromatic carbocycles. The van der Waals surface area contributed by atoms with Crippen LogP contribution in [0, 0.1) is 0 Å². The first-order valence-corrected chi connectivity index (χ1v) is 4.65. The standard InChI is InChI=1S/C11H17NO/c1-9(5-6-10(2)12)8-11-4-3-7-13-11/h3-4,7-8,10H,5-6,12H2,1-2H3/b9-8+/t10-/m0/s1. The third kappa shape index (κ3) is 3.95. The van der Waals surface area contributed by atoms with Crippen molar-refractivity contribution in [3.05, 3.63) is 29.7 Å². The molecule has 0 unspecified atom stereocenters. The highest BCUT2D eigenvalue weighted by atomic mass is 16.3. The second-order valence-corrected chi connectivity index (χ2v) is 3.52. The van der Waals surface area contributed by atoms with Crippen LogP contribution in [-0.2, 0) is 0 Å². The summed E-state index contributed by atoms with van der Waals surface area (Å²) in [6.45, 7) is 4.13. The number of hydrogen-bond donors (Lipinski definition) is 1. The lowest BCUT2D eigenvalue weighted by Gasteiger charge is -2.03. The van der Waals surface area contributed by atoms with Crippen LogP contribution in [0.2, 0.25) is 0 Å². The van der Waals surface area contributed by atoms with Gasteiger partial charge in [0.25, 0.3) is 0 Å². The Bertz CT molecular complexity index is 260. The molecule has 2 N–H and O–H groups in total. The van der Waals surface area contributed by atoms with E-state index >= 15 is 0 Å². The molecule has 0 bridgehead atoms. The molecule has 1 atom stereocenters. The normalized spacial score (nSPS) is 14.5. The van der Waals surface area contributed by atoms with Crippen molar-refractivity contribution in [1.82, 2.24) is 0 Å². The SMILES string of the molecule is C/C(=C\c1ccco1)CC[C@H](C)N. The summed E-state index contributed by atoms with van der Waals surface area (Å²) in [5.41, 5.74) is 6.98. The van der Waals surface area contributed by atoms with Crippen LogP contribution in [0.1, 0.15) is 32.4 Å². The smallest absolute Gasteiger partial charge is 0.126 e. The zero-order chi connectivity index (χ0) is 9.68. The first-order valence-electron chi connectivity index (χ1n) is 4.65. The molecule has 1 aromatic rings. The summed E-state index contributed by atoms with van der Waals surface area (Å²) in [6.07, 6.45) is 5.81. The summed E-state index contributed by atoms with van der Waals surface area (Å²) in [4.78, 5) is 0. The number of hydrogen-bond acceptors (Lipinski definition) is 2. The van der Waals surface area contributed by atoms with E-state index in [1.54, 1.807) is 6.26 Å². The average Bonchev–Trinajstić information content (AvgIpc) is 2.53. The number of allylic oxidation sites excluding steroid dienone is 1. The molecule has 2 heteroatoms. The van der Waals surface area contributed by atoms with Gasteiger partial charge in [0.15, 0.2) is 0 Å². The highest BCUT2D eigenvalue weighted by Gasteiger charge is 1.96. The van der Waals surface area contributed by atoms with Crippen molar-refractivity contribution in [3.63, 3.8) is 0 Å². The summed E-state index contributed by atoms with van der Waals surface area (Å²) < 4.78 is 5.20. The van der Waals surface area contributed by atoms with Gasteiger partial charge in [-0.3, -0.25) is 0 Å². The predicted octanol–water partition coefficient (Wildman–Crippen LogP) is 2.81. The van der Waals surface area contributed by atoms with Gasteiger partial charge in [-0.1, -0.05) is 5.57 Å². The van der Waals surface area contributed by atoms with Crippen LogP contribution in [0.3, 0.4) is 0 Å². The fourth-order valence-electron chi connectivity index (χ4n) is 1.14. The lowest BCUT2D eigenvalue weighted by Crippen LogP contribution is -2.14. The third-order valence-corrected chi connectivity index (χ3v) is 1.93. The summed E-state index contributed by atoms with van der Waals surface area (Å²) in [7, 11) is 0. The maximum atomic E-state index is 5.66. The van der Waals surface area contributed by atoms with Crippen molar-refractivity contribution in [2.45, 2.75) is 32.7 Å². The van der Waals surface area contributed by atoms with Gasteiger partial charge < -0.3 is 10.2 Å².